The minimum atomic E-state index is -0.958. The number of aromatic nitrogens is 1. The molecule has 6 nitrogen and oxygen atoms in total. The number of carbonyl (C=O) groups excluding carboxylic acids is 1. The lowest BCUT2D eigenvalue weighted by molar-refractivity contribution is -0.137. The highest BCUT2D eigenvalue weighted by atomic mass is 79.9. The number of carboxylic acid groups (broad SMARTS) is 1. The van der Waals surface area contributed by atoms with Crippen LogP contribution in [0.25, 0.3) is 10.9 Å². The summed E-state index contributed by atoms with van der Waals surface area (Å²) in [6.45, 7) is 5.13. The predicted octanol–water partition coefficient (Wildman–Crippen LogP) is 3.84. The molecule has 0 saturated carbocycles. The number of nitrogens with zero attached hydrogens (tertiary/aromatic N) is 1. The molecule has 0 aliphatic rings. The van der Waals surface area contributed by atoms with E-state index >= 15 is 0 Å². The van der Waals surface area contributed by atoms with Crippen LogP contribution in [0.4, 0.5) is 10.5 Å². The summed E-state index contributed by atoms with van der Waals surface area (Å²) in [7, 11) is 0. The minimum absolute atomic E-state index is 0.192. The van der Waals surface area contributed by atoms with Gasteiger partial charge in [0.05, 0.1) is 11.2 Å². The highest BCUT2D eigenvalue weighted by Crippen LogP contribution is 2.33. The van der Waals surface area contributed by atoms with Crippen molar-refractivity contribution in [1.29, 1.82) is 0 Å². The maximum atomic E-state index is 11.9. The molecule has 0 bridgehead atoms. The number of amides is 1. The summed E-state index contributed by atoms with van der Waals surface area (Å²) < 4.78 is 7.56. The van der Waals surface area contributed by atoms with Gasteiger partial charge in [-0.25, -0.2) is 4.79 Å². The van der Waals surface area contributed by atoms with Gasteiger partial charge in [-0.3, -0.25) is 10.1 Å². The smallest absolute Gasteiger partial charge is 0.412 e. The number of benzene rings is 1. The van der Waals surface area contributed by atoms with Gasteiger partial charge in [0, 0.05) is 16.1 Å². The molecular weight excluding hydrogens is 352 g/mol. The molecule has 0 atom stereocenters. The first kappa shape index (κ1) is 16.4. The topological polar surface area (TPSA) is 80.6 Å². The van der Waals surface area contributed by atoms with Gasteiger partial charge in [-0.15, -0.1) is 0 Å². The lowest BCUT2D eigenvalue weighted by Gasteiger charge is -2.19. The van der Waals surface area contributed by atoms with Crippen LogP contribution in [0.15, 0.2) is 28.9 Å². The van der Waals surface area contributed by atoms with Crippen LogP contribution in [0.2, 0.25) is 0 Å². The highest BCUT2D eigenvalue weighted by molar-refractivity contribution is 9.10. The van der Waals surface area contributed by atoms with Crippen molar-refractivity contribution in [2.24, 2.45) is 0 Å². The Morgan fingerprint density at radius 2 is 2.05 bits per heavy atom. The highest BCUT2D eigenvalue weighted by Gasteiger charge is 2.19. The van der Waals surface area contributed by atoms with Crippen LogP contribution in [0.1, 0.15) is 20.8 Å². The monoisotopic (exact) mass is 368 g/mol. The Hall–Kier alpha value is -2.02. The van der Waals surface area contributed by atoms with Crippen molar-refractivity contribution in [2.45, 2.75) is 32.9 Å². The van der Waals surface area contributed by atoms with Gasteiger partial charge in [0.25, 0.3) is 0 Å². The molecule has 2 aromatic rings. The van der Waals surface area contributed by atoms with E-state index in [1.54, 1.807) is 37.6 Å². The van der Waals surface area contributed by atoms with E-state index in [0.29, 0.717) is 11.2 Å². The molecular formula is C15H17BrN2O4. The summed E-state index contributed by atoms with van der Waals surface area (Å²) in [5.74, 6) is -0.958. The zero-order valence-electron chi connectivity index (χ0n) is 12.5. The molecule has 22 heavy (non-hydrogen) atoms. The average Bonchev–Trinajstić information content (AvgIpc) is 2.65. The van der Waals surface area contributed by atoms with Crippen molar-refractivity contribution in [3.8, 4) is 0 Å². The second-order valence-electron chi connectivity index (χ2n) is 5.83. The molecule has 118 valence electrons. The number of hydrogen-bond acceptors (Lipinski definition) is 3. The molecule has 0 aliphatic heterocycles. The lowest BCUT2D eigenvalue weighted by Crippen LogP contribution is -2.27. The zero-order chi connectivity index (χ0) is 16.5. The number of halogens is 1. The van der Waals surface area contributed by atoms with Crippen LogP contribution in [0.5, 0.6) is 0 Å². The largest absolute Gasteiger partial charge is 0.480 e. The minimum Gasteiger partial charge on any atom is -0.480 e. The average molecular weight is 369 g/mol. The van der Waals surface area contributed by atoms with Gasteiger partial charge in [0.15, 0.2) is 0 Å². The molecule has 0 fully saturated rings. The van der Waals surface area contributed by atoms with E-state index < -0.39 is 17.7 Å². The molecule has 7 heteroatoms. The molecule has 2 rings (SSSR count). The van der Waals surface area contributed by atoms with Crippen molar-refractivity contribution in [1.82, 2.24) is 4.57 Å². The number of nitrogens with one attached hydrogen (secondary N) is 1. The fourth-order valence-corrected chi connectivity index (χ4v) is 2.66. The Labute approximate surface area is 136 Å². The molecule has 1 aromatic carbocycles. The molecule has 0 aliphatic carbocycles. The van der Waals surface area contributed by atoms with Gasteiger partial charge in [-0.05, 0) is 32.9 Å². The Balaban J connectivity index is 2.41. The normalized spacial score (nSPS) is 11.5. The maximum absolute atomic E-state index is 11.9. The Kier molecular flexibility index (Phi) is 4.46. The van der Waals surface area contributed by atoms with E-state index in [1.165, 1.54) is 0 Å². The molecule has 1 amide bonds. The molecule has 2 N–H and O–H groups in total. The third-order valence-electron chi connectivity index (χ3n) is 2.80. The number of rotatable bonds is 3. The Morgan fingerprint density at radius 3 is 2.64 bits per heavy atom. The first-order valence-electron chi connectivity index (χ1n) is 6.66. The van der Waals surface area contributed by atoms with Crippen molar-refractivity contribution in [2.75, 3.05) is 5.32 Å². The third-order valence-corrected chi connectivity index (χ3v) is 3.46. The molecule has 1 heterocycles. The number of ether oxygens (including phenoxy) is 1. The van der Waals surface area contributed by atoms with Crippen molar-refractivity contribution >= 4 is 44.6 Å². The fraction of sp³-hybridized carbons (Fsp3) is 0.333. The van der Waals surface area contributed by atoms with E-state index in [-0.39, 0.29) is 6.54 Å². The van der Waals surface area contributed by atoms with Gasteiger partial charge in [-0.1, -0.05) is 22.0 Å². The Bertz CT molecular complexity index is 731. The summed E-state index contributed by atoms with van der Waals surface area (Å²) in [5.41, 5.74) is 0.599. The van der Waals surface area contributed by atoms with Gasteiger partial charge >= 0.3 is 12.1 Å². The SMILES string of the molecule is CC(C)(C)OC(=O)Nc1cn(CC(=O)O)c2cccc(Br)c12. The number of aliphatic carboxylic acids is 1. The van der Waals surface area contributed by atoms with Gasteiger partial charge in [0.2, 0.25) is 0 Å². The molecule has 0 saturated heterocycles. The van der Waals surface area contributed by atoms with E-state index in [2.05, 4.69) is 21.2 Å². The van der Waals surface area contributed by atoms with Crippen LogP contribution in [0, 0.1) is 0 Å². The first-order valence-corrected chi connectivity index (χ1v) is 7.46. The summed E-state index contributed by atoms with van der Waals surface area (Å²) in [5, 5.41) is 12.4. The van der Waals surface area contributed by atoms with Gasteiger partial charge < -0.3 is 14.4 Å². The van der Waals surface area contributed by atoms with Gasteiger partial charge in [-0.2, -0.15) is 0 Å². The van der Waals surface area contributed by atoms with Crippen LogP contribution in [-0.2, 0) is 16.1 Å². The summed E-state index contributed by atoms with van der Waals surface area (Å²) in [6.07, 6.45) is 1.01. The standard InChI is InChI=1S/C15H17BrN2O4/c1-15(2,3)22-14(21)17-10-7-18(8-12(19)20)11-6-4-5-9(16)13(10)11/h4-7H,8H2,1-3H3,(H,17,21)(H,19,20). The van der Waals surface area contributed by atoms with Crippen LogP contribution in [-0.4, -0.2) is 27.3 Å². The number of anilines is 1. The molecule has 0 unspecified atom stereocenters. The molecule has 0 spiro atoms. The fourth-order valence-electron chi connectivity index (χ4n) is 2.09. The van der Waals surface area contributed by atoms with Crippen LogP contribution >= 0.6 is 15.9 Å². The Morgan fingerprint density at radius 1 is 1.36 bits per heavy atom. The third kappa shape index (κ3) is 3.79. The predicted molar refractivity (Wildman–Crippen MR) is 87.1 cm³/mol. The van der Waals surface area contributed by atoms with Crippen molar-refractivity contribution in [3.63, 3.8) is 0 Å². The second kappa shape index (κ2) is 6.00. The van der Waals surface area contributed by atoms with Crippen LogP contribution in [0.3, 0.4) is 0 Å². The molecule has 0 radical (unpaired) electrons. The van der Waals surface area contributed by atoms with Crippen LogP contribution < -0.4 is 5.32 Å². The summed E-state index contributed by atoms with van der Waals surface area (Å²) in [6, 6.07) is 5.43. The van der Waals surface area contributed by atoms with E-state index in [1.807, 2.05) is 12.1 Å². The summed E-state index contributed by atoms with van der Waals surface area (Å²) in [4.78, 5) is 22.9. The zero-order valence-corrected chi connectivity index (χ0v) is 14.1. The van der Waals surface area contributed by atoms with Crippen molar-refractivity contribution < 1.29 is 19.4 Å². The number of fused-ring (bicyclic) bond motifs is 1. The second-order valence-corrected chi connectivity index (χ2v) is 6.68. The van der Waals surface area contributed by atoms with E-state index in [0.717, 1.165) is 9.86 Å². The summed E-state index contributed by atoms with van der Waals surface area (Å²) >= 11 is 3.43. The number of carbonyl (C=O) groups is 2. The molecule has 1 aromatic heterocycles. The number of carboxylic acids is 1. The maximum Gasteiger partial charge on any atom is 0.412 e. The van der Waals surface area contributed by atoms with Crippen molar-refractivity contribution in [3.05, 3.63) is 28.9 Å². The lowest BCUT2D eigenvalue weighted by atomic mass is 10.2. The first-order chi connectivity index (χ1) is 10.2. The van der Waals surface area contributed by atoms with Gasteiger partial charge in [0.1, 0.15) is 12.1 Å². The van der Waals surface area contributed by atoms with E-state index in [9.17, 15) is 9.59 Å². The quantitative estimate of drug-likeness (QED) is 0.862. The van der Waals surface area contributed by atoms with E-state index in [4.69, 9.17) is 9.84 Å². The number of hydrogen-bond donors (Lipinski definition) is 2.